The van der Waals surface area contributed by atoms with E-state index in [4.69, 9.17) is 34.8 Å². The van der Waals surface area contributed by atoms with Gasteiger partial charge in [-0.15, -0.1) is 0 Å². The number of rotatable bonds is 5. The van der Waals surface area contributed by atoms with Crippen LogP contribution in [0, 0.1) is 13.8 Å². The molecule has 1 amide bonds. The average Bonchev–Trinajstić information content (AvgIpc) is 3.03. The van der Waals surface area contributed by atoms with E-state index in [2.05, 4.69) is 10.00 Å². The Kier molecular flexibility index (Phi) is 7.11. The first-order valence-electron chi connectivity index (χ1n) is 10.6. The summed E-state index contributed by atoms with van der Waals surface area (Å²) in [5, 5.41) is 6.53. The third-order valence-corrected chi connectivity index (χ3v) is 7.16. The predicted molar refractivity (Wildman–Crippen MR) is 130 cm³/mol. The molecule has 8 heteroatoms. The van der Waals surface area contributed by atoms with E-state index in [9.17, 15) is 4.79 Å². The standard InChI is InChI=1S/C24H25Cl3N4O/c1-16-23(27)17(2)31(28-16)14-18-5-3-6-19(13-18)24(32)30-11-9-29(10-12-30)15-20-21(25)7-4-8-22(20)26/h3-8,13H,9-12,14-15H2,1-2H3. The molecule has 0 unspecified atom stereocenters. The Labute approximate surface area is 203 Å². The second-order valence-electron chi connectivity index (χ2n) is 8.11. The van der Waals surface area contributed by atoms with Crippen molar-refractivity contribution in [1.29, 1.82) is 0 Å². The molecule has 168 valence electrons. The van der Waals surface area contributed by atoms with Crippen molar-refractivity contribution >= 4 is 40.7 Å². The molecular formula is C24H25Cl3N4O. The highest BCUT2D eigenvalue weighted by Gasteiger charge is 2.23. The summed E-state index contributed by atoms with van der Waals surface area (Å²) in [5.74, 6) is 0.0497. The number of aromatic nitrogens is 2. The van der Waals surface area contributed by atoms with Gasteiger partial charge in [-0.3, -0.25) is 14.4 Å². The third kappa shape index (κ3) is 4.96. The summed E-state index contributed by atoms with van der Waals surface area (Å²) < 4.78 is 1.87. The van der Waals surface area contributed by atoms with Crippen LogP contribution in [0.25, 0.3) is 0 Å². The molecule has 32 heavy (non-hydrogen) atoms. The minimum absolute atomic E-state index is 0.0497. The molecule has 3 aromatic rings. The van der Waals surface area contributed by atoms with Crippen molar-refractivity contribution in [3.05, 3.63) is 85.6 Å². The van der Waals surface area contributed by atoms with Crippen LogP contribution in [0.5, 0.6) is 0 Å². The highest BCUT2D eigenvalue weighted by molar-refractivity contribution is 6.36. The molecule has 2 aromatic carbocycles. The monoisotopic (exact) mass is 490 g/mol. The molecule has 2 heterocycles. The molecule has 1 aliphatic rings. The van der Waals surface area contributed by atoms with E-state index in [1.54, 1.807) is 0 Å². The van der Waals surface area contributed by atoms with E-state index in [-0.39, 0.29) is 5.91 Å². The molecule has 1 aliphatic heterocycles. The maximum Gasteiger partial charge on any atom is 0.253 e. The number of amides is 1. The first-order chi connectivity index (χ1) is 15.3. The van der Waals surface area contributed by atoms with Crippen molar-refractivity contribution in [2.24, 2.45) is 0 Å². The molecule has 4 rings (SSSR count). The van der Waals surface area contributed by atoms with Gasteiger partial charge in [0.05, 0.1) is 23.0 Å². The van der Waals surface area contributed by atoms with Gasteiger partial charge < -0.3 is 4.90 Å². The summed E-state index contributed by atoms with van der Waals surface area (Å²) in [6.45, 7) is 7.98. The largest absolute Gasteiger partial charge is 0.336 e. The number of benzene rings is 2. The van der Waals surface area contributed by atoms with Crippen LogP contribution in [0.3, 0.4) is 0 Å². The lowest BCUT2D eigenvalue weighted by molar-refractivity contribution is 0.0628. The summed E-state index contributed by atoms with van der Waals surface area (Å²) in [7, 11) is 0. The van der Waals surface area contributed by atoms with Crippen molar-refractivity contribution in [2.75, 3.05) is 26.2 Å². The Morgan fingerprint density at radius 2 is 1.59 bits per heavy atom. The minimum Gasteiger partial charge on any atom is -0.336 e. The molecule has 5 nitrogen and oxygen atoms in total. The third-order valence-electron chi connectivity index (χ3n) is 5.90. The van der Waals surface area contributed by atoms with Crippen molar-refractivity contribution in [3.63, 3.8) is 0 Å². The number of halogens is 3. The topological polar surface area (TPSA) is 41.4 Å². The van der Waals surface area contributed by atoms with Crippen LogP contribution in [0.15, 0.2) is 42.5 Å². The zero-order valence-electron chi connectivity index (χ0n) is 18.1. The van der Waals surface area contributed by atoms with Gasteiger partial charge in [0.2, 0.25) is 0 Å². The molecule has 1 saturated heterocycles. The summed E-state index contributed by atoms with van der Waals surface area (Å²) in [6, 6.07) is 13.3. The number of piperazine rings is 1. The van der Waals surface area contributed by atoms with Gasteiger partial charge in [0.1, 0.15) is 0 Å². The second kappa shape index (κ2) is 9.84. The van der Waals surface area contributed by atoms with Gasteiger partial charge in [-0.05, 0) is 43.7 Å². The number of aryl methyl sites for hydroxylation is 1. The highest BCUT2D eigenvalue weighted by atomic mass is 35.5. The van der Waals surface area contributed by atoms with Gasteiger partial charge in [0.25, 0.3) is 5.91 Å². The van der Waals surface area contributed by atoms with Crippen molar-refractivity contribution in [3.8, 4) is 0 Å². The van der Waals surface area contributed by atoms with Gasteiger partial charge in [-0.2, -0.15) is 5.10 Å². The van der Waals surface area contributed by atoms with E-state index in [1.807, 2.05) is 65.9 Å². The van der Waals surface area contributed by atoms with Crippen LogP contribution in [0.4, 0.5) is 0 Å². The average molecular weight is 492 g/mol. The van der Waals surface area contributed by atoms with Gasteiger partial charge in [-0.1, -0.05) is 53.0 Å². The molecule has 0 spiro atoms. The number of nitrogens with zero attached hydrogens (tertiary/aromatic N) is 4. The lowest BCUT2D eigenvalue weighted by Gasteiger charge is -2.35. The zero-order chi connectivity index (χ0) is 22.8. The van der Waals surface area contributed by atoms with Crippen LogP contribution in [0.1, 0.15) is 32.9 Å². The molecule has 0 atom stereocenters. The lowest BCUT2D eigenvalue weighted by Crippen LogP contribution is -2.48. The first-order valence-corrected chi connectivity index (χ1v) is 11.7. The number of carbonyl (C=O) groups excluding carboxylic acids is 1. The van der Waals surface area contributed by atoms with Crippen LogP contribution < -0.4 is 0 Å². The Bertz CT molecular complexity index is 1120. The van der Waals surface area contributed by atoms with E-state index >= 15 is 0 Å². The molecule has 1 fully saturated rings. The second-order valence-corrected chi connectivity index (χ2v) is 9.30. The van der Waals surface area contributed by atoms with Crippen molar-refractivity contribution in [2.45, 2.75) is 26.9 Å². The maximum atomic E-state index is 13.1. The fourth-order valence-corrected chi connectivity index (χ4v) is 4.66. The fourth-order valence-electron chi connectivity index (χ4n) is 4.00. The molecular weight excluding hydrogens is 467 g/mol. The Balaban J connectivity index is 1.39. The van der Waals surface area contributed by atoms with E-state index in [1.165, 1.54) is 0 Å². The van der Waals surface area contributed by atoms with E-state index in [0.717, 1.165) is 35.6 Å². The smallest absolute Gasteiger partial charge is 0.253 e. The van der Waals surface area contributed by atoms with E-state index in [0.29, 0.717) is 46.8 Å². The zero-order valence-corrected chi connectivity index (χ0v) is 20.4. The van der Waals surface area contributed by atoms with Crippen molar-refractivity contribution in [1.82, 2.24) is 19.6 Å². The maximum absolute atomic E-state index is 13.1. The number of carbonyl (C=O) groups is 1. The Morgan fingerprint density at radius 1 is 0.938 bits per heavy atom. The van der Waals surface area contributed by atoms with Gasteiger partial charge >= 0.3 is 0 Å². The highest BCUT2D eigenvalue weighted by Crippen LogP contribution is 2.26. The van der Waals surface area contributed by atoms with Gasteiger partial charge in [0, 0.05) is 53.9 Å². The summed E-state index contributed by atoms with van der Waals surface area (Å²) >= 11 is 18.9. The van der Waals surface area contributed by atoms with Crippen LogP contribution in [-0.4, -0.2) is 51.7 Å². The van der Waals surface area contributed by atoms with Crippen LogP contribution in [0.2, 0.25) is 15.1 Å². The number of hydrogen-bond donors (Lipinski definition) is 0. The SMILES string of the molecule is Cc1nn(Cc2cccc(C(=O)N3CCN(Cc4c(Cl)cccc4Cl)CC3)c2)c(C)c1Cl. The molecule has 0 bridgehead atoms. The van der Waals surface area contributed by atoms with Crippen LogP contribution in [-0.2, 0) is 13.1 Å². The van der Waals surface area contributed by atoms with Crippen molar-refractivity contribution < 1.29 is 4.79 Å². The fraction of sp³-hybridized carbons (Fsp3) is 0.333. The number of hydrogen-bond acceptors (Lipinski definition) is 3. The summed E-state index contributed by atoms with van der Waals surface area (Å²) in [4.78, 5) is 17.3. The molecule has 1 aromatic heterocycles. The summed E-state index contributed by atoms with van der Waals surface area (Å²) in [6.07, 6.45) is 0. The molecule has 0 N–H and O–H groups in total. The molecule has 0 saturated carbocycles. The summed E-state index contributed by atoms with van der Waals surface area (Å²) in [5.41, 5.74) is 4.39. The van der Waals surface area contributed by atoms with Gasteiger partial charge in [0.15, 0.2) is 0 Å². The predicted octanol–water partition coefficient (Wildman–Crippen LogP) is 5.47. The quantitative estimate of drug-likeness (QED) is 0.475. The minimum atomic E-state index is 0.0497. The van der Waals surface area contributed by atoms with Crippen LogP contribution >= 0.6 is 34.8 Å². The molecule has 0 radical (unpaired) electrons. The lowest BCUT2D eigenvalue weighted by atomic mass is 10.1. The first kappa shape index (κ1) is 23.1. The van der Waals surface area contributed by atoms with Gasteiger partial charge in [-0.25, -0.2) is 0 Å². The Hall–Kier alpha value is -2.05. The Morgan fingerprint density at radius 3 is 2.22 bits per heavy atom. The van der Waals surface area contributed by atoms with E-state index < -0.39 is 0 Å². The normalized spacial score (nSPS) is 14.7. The molecule has 0 aliphatic carbocycles.